The number of carboxylic acid groups (broad SMARTS) is 1. The summed E-state index contributed by atoms with van der Waals surface area (Å²) < 4.78 is 5.52. The number of carboxylic acids is 1. The Labute approximate surface area is 206 Å². The van der Waals surface area contributed by atoms with E-state index >= 15 is 0 Å². The quantitative estimate of drug-likeness (QED) is 0.434. The monoisotopic (exact) mass is 491 g/mol. The van der Waals surface area contributed by atoms with Gasteiger partial charge in [0.25, 0.3) is 5.91 Å². The van der Waals surface area contributed by atoms with Crippen LogP contribution < -0.4 is 10.6 Å². The predicted octanol–water partition coefficient (Wildman–Crippen LogP) is 4.88. The van der Waals surface area contributed by atoms with E-state index in [2.05, 4.69) is 27.8 Å². The Bertz CT molecular complexity index is 1240. The number of aliphatic carboxylic acids is 1. The second kappa shape index (κ2) is 9.50. The lowest BCUT2D eigenvalue weighted by molar-refractivity contribution is -0.148. The number of anilines is 1. The van der Waals surface area contributed by atoms with Crippen molar-refractivity contribution in [3.8, 4) is 11.1 Å². The first-order valence-electron chi connectivity index (χ1n) is 11.6. The van der Waals surface area contributed by atoms with Gasteiger partial charge in [-0.1, -0.05) is 61.4 Å². The largest absolute Gasteiger partial charge is 0.481 e. The van der Waals surface area contributed by atoms with E-state index in [1.165, 1.54) is 5.38 Å². The fourth-order valence-electron chi connectivity index (χ4n) is 5.02. The lowest BCUT2D eigenvalue weighted by atomic mass is 9.86. The average Bonchev–Trinajstić information content (AvgIpc) is 3.60. The first-order valence-corrected chi connectivity index (χ1v) is 12.4. The maximum atomic E-state index is 12.5. The molecule has 5 rings (SSSR count). The zero-order valence-corrected chi connectivity index (χ0v) is 19.8. The van der Waals surface area contributed by atoms with Crippen molar-refractivity contribution in [2.45, 2.75) is 31.6 Å². The van der Waals surface area contributed by atoms with Gasteiger partial charge in [0.15, 0.2) is 5.13 Å². The molecule has 0 unspecified atom stereocenters. The van der Waals surface area contributed by atoms with Crippen LogP contribution in [0.25, 0.3) is 11.1 Å². The number of carbonyl (C=O) groups is 3. The van der Waals surface area contributed by atoms with E-state index in [0.29, 0.717) is 12.8 Å². The average molecular weight is 492 g/mol. The smallest absolute Gasteiger partial charge is 0.413 e. The van der Waals surface area contributed by atoms with Crippen LogP contribution in [0.1, 0.15) is 53.2 Å². The topological polar surface area (TPSA) is 118 Å². The number of amides is 2. The van der Waals surface area contributed by atoms with Crippen LogP contribution in [0, 0.1) is 5.41 Å². The highest BCUT2D eigenvalue weighted by Gasteiger charge is 2.41. The summed E-state index contributed by atoms with van der Waals surface area (Å²) >= 11 is 1.10. The zero-order valence-electron chi connectivity index (χ0n) is 19.0. The molecule has 1 aromatic heterocycles. The number of benzene rings is 2. The molecular formula is C26H25N3O5S. The first kappa shape index (κ1) is 23.0. The lowest BCUT2D eigenvalue weighted by Crippen LogP contribution is -2.41. The van der Waals surface area contributed by atoms with Crippen LogP contribution in [0.3, 0.4) is 0 Å². The van der Waals surface area contributed by atoms with Gasteiger partial charge in [-0.2, -0.15) is 0 Å². The Kier molecular flexibility index (Phi) is 6.25. The predicted molar refractivity (Wildman–Crippen MR) is 132 cm³/mol. The van der Waals surface area contributed by atoms with E-state index in [9.17, 15) is 19.5 Å². The van der Waals surface area contributed by atoms with Crippen LogP contribution in [-0.2, 0) is 9.53 Å². The molecule has 1 heterocycles. The van der Waals surface area contributed by atoms with Gasteiger partial charge in [-0.05, 0) is 35.1 Å². The Morgan fingerprint density at radius 3 is 2.29 bits per heavy atom. The van der Waals surface area contributed by atoms with Crippen LogP contribution in [0.2, 0.25) is 0 Å². The van der Waals surface area contributed by atoms with Crippen LogP contribution >= 0.6 is 11.3 Å². The molecule has 3 aromatic rings. The van der Waals surface area contributed by atoms with Gasteiger partial charge in [-0.25, -0.2) is 9.78 Å². The third-order valence-corrected chi connectivity index (χ3v) is 7.65. The number of hydrogen-bond donors (Lipinski definition) is 3. The van der Waals surface area contributed by atoms with Gasteiger partial charge < -0.3 is 15.2 Å². The molecule has 2 aliphatic carbocycles. The van der Waals surface area contributed by atoms with Crippen LogP contribution in [0.15, 0.2) is 53.9 Å². The van der Waals surface area contributed by atoms with Gasteiger partial charge in [0.1, 0.15) is 12.3 Å². The van der Waals surface area contributed by atoms with Gasteiger partial charge in [-0.15, -0.1) is 11.3 Å². The molecule has 0 saturated heterocycles. The lowest BCUT2D eigenvalue weighted by Gasteiger charge is -2.23. The summed E-state index contributed by atoms with van der Waals surface area (Å²) in [5.41, 5.74) is 3.76. The molecule has 0 aliphatic heterocycles. The summed E-state index contributed by atoms with van der Waals surface area (Å²) in [5.74, 6) is -1.40. The number of carbonyl (C=O) groups excluding carboxylic acids is 2. The van der Waals surface area contributed by atoms with Gasteiger partial charge in [0, 0.05) is 17.8 Å². The van der Waals surface area contributed by atoms with Crippen LogP contribution in [0.4, 0.5) is 9.93 Å². The van der Waals surface area contributed by atoms with E-state index in [1.54, 1.807) is 0 Å². The van der Waals surface area contributed by atoms with Crippen molar-refractivity contribution in [1.29, 1.82) is 0 Å². The molecule has 3 N–H and O–H groups in total. The number of thiazole rings is 1. The molecule has 8 nitrogen and oxygen atoms in total. The Morgan fingerprint density at radius 1 is 1.03 bits per heavy atom. The molecule has 0 bridgehead atoms. The summed E-state index contributed by atoms with van der Waals surface area (Å²) in [7, 11) is 0. The molecule has 35 heavy (non-hydrogen) atoms. The highest BCUT2D eigenvalue weighted by Crippen LogP contribution is 2.44. The normalized spacial score (nSPS) is 15.8. The van der Waals surface area contributed by atoms with Crippen molar-refractivity contribution in [2.75, 3.05) is 18.5 Å². The number of ether oxygens (including phenoxy) is 1. The standard InChI is InChI=1S/C26H25N3O5S/c30-22(27-15-26(23(31)32)11-5-6-12-26)21-14-35-24(28-21)29-25(33)34-13-20-18-9-3-1-7-16(18)17-8-2-4-10-19(17)20/h1-4,7-10,14,20H,5-6,11-13,15H2,(H,27,30)(H,31,32)(H,28,29,33). The van der Waals surface area contributed by atoms with Gasteiger partial charge >= 0.3 is 12.1 Å². The van der Waals surface area contributed by atoms with Crippen molar-refractivity contribution in [3.63, 3.8) is 0 Å². The Balaban J connectivity index is 1.17. The Hall–Kier alpha value is -3.72. The number of rotatable bonds is 7. The summed E-state index contributed by atoms with van der Waals surface area (Å²) in [6.07, 6.45) is 2.13. The number of nitrogens with one attached hydrogen (secondary N) is 2. The Morgan fingerprint density at radius 2 is 1.66 bits per heavy atom. The second-order valence-electron chi connectivity index (χ2n) is 8.96. The molecule has 0 atom stereocenters. The fraction of sp³-hybridized carbons (Fsp3) is 0.308. The van der Waals surface area contributed by atoms with Crippen molar-refractivity contribution in [3.05, 3.63) is 70.7 Å². The van der Waals surface area contributed by atoms with Crippen molar-refractivity contribution >= 4 is 34.4 Å². The summed E-state index contributed by atoms with van der Waals surface area (Å²) in [6, 6.07) is 16.2. The fourth-order valence-corrected chi connectivity index (χ4v) is 5.69. The number of fused-ring (bicyclic) bond motifs is 3. The molecule has 2 aromatic carbocycles. The maximum Gasteiger partial charge on any atom is 0.413 e. The zero-order chi connectivity index (χ0) is 24.4. The van der Waals surface area contributed by atoms with Crippen molar-refractivity contribution in [2.24, 2.45) is 5.41 Å². The maximum absolute atomic E-state index is 12.5. The number of hydrogen-bond acceptors (Lipinski definition) is 6. The minimum Gasteiger partial charge on any atom is -0.481 e. The number of aromatic nitrogens is 1. The van der Waals surface area contributed by atoms with Gasteiger partial charge in [0.2, 0.25) is 0 Å². The van der Waals surface area contributed by atoms with E-state index in [4.69, 9.17) is 4.74 Å². The van der Waals surface area contributed by atoms with E-state index in [-0.39, 0.29) is 29.9 Å². The molecule has 1 fully saturated rings. The minimum absolute atomic E-state index is 0.0528. The molecule has 1 saturated carbocycles. The number of nitrogens with zero attached hydrogens (tertiary/aromatic N) is 1. The summed E-state index contributed by atoms with van der Waals surface area (Å²) in [6.45, 7) is 0.240. The van der Waals surface area contributed by atoms with Crippen LogP contribution in [0.5, 0.6) is 0 Å². The molecular weight excluding hydrogens is 466 g/mol. The first-order chi connectivity index (χ1) is 17.0. The molecule has 9 heteroatoms. The van der Waals surface area contributed by atoms with Crippen LogP contribution in [-0.4, -0.2) is 41.2 Å². The van der Waals surface area contributed by atoms with E-state index in [1.807, 2.05) is 36.4 Å². The molecule has 0 spiro atoms. The molecule has 2 aliphatic rings. The third-order valence-electron chi connectivity index (χ3n) is 6.89. The highest BCUT2D eigenvalue weighted by atomic mass is 32.1. The molecule has 0 radical (unpaired) electrons. The highest BCUT2D eigenvalue weighted by molar-refractivity contribution is 7.14. The second-order valence-corrected chi connectivity index (χ2v) is 9.82. The summed E-state index contributed by atoms with van der Waals surface area (Å²) in [5, 5.41) is 16.6. The summed E-state index contributed by atoms with van der Waals surface area (Å²) in [4.78, 5) is 40.8. The SMILES string of the molecule is O=C(Nc1nc(C(=O)NCC2(C(=O)O)CCCC2)cs1)OCC1c2ccccc2-c2ccccc21. The van der Waals surface area contributed by atoms with Gasteiger partial charge in [-0.3, -0.25) is 14.9 Å². The molecule has 2 amide bonds. The van der Waals surface area contributed by atoms with Crippen molar-refractivity contribution in [1.82, 2.24) is 10.3 Å². The third kappa shape index (κ3) is 4.51. The van der Waals surface area contributed by atoms with Gasteiger partial charge in [0.05, 0.1) is 5.41 Å². The molecule has 180 valence electrons. The minimum atomic E-state index is -0.909. The van der Waals surface area contributed by atoms with Crippen molar-refractivity contribution < 1.29 is 24.2 Å². The van der Waals surface area contributed by atoms with E-state index in [0.717, 1.165) is 46.4 Å². The van der Waals surface area contributed by atoms with E-state index < -0.39 is 23.4 Å².